The molecule has 4 heterocycles. The average molecular weight is 637 g/mol. The molecule has 0 aliphatic carbocycles. The Morgan fingerprint density at radius 1 is 1.00 bits per heavy atom. The zero-order valence-corrected chi connectivity index (χ0v) is 25.2. The normalized spacial score (nSPS) is 11.2. The number of carbonyl (C=O) groups is 2. The Morgan fingerprint density at radius 3 is 2.31 bits per heavy atom. The van der Waals surface area contributed by atoms with E-state index in [2.05, 4.69) is 25.8 Å². The van der Waals surface area contributed by atoms with Gasteiger partial charge >= 0.3 is 5.69 Å². The molecular weight excluding hydrogens is 610 g/mol. The first-order valence-corrected chi connectivity index (χ1v) is 14.1. The van der Waals surface area contributed by atoms with Gasteiger partial charge in [-0.1, -0.05) is 17.4 Å². The number of nitrogens with zero attached hydrogens (tertiary/aromatic N) is 6. The fourth-order valence-corrected chi connectivity index (χ4v) is 5.72. The highest BCUT2D eigenvalue weighted by atomic mass is 32.1. The van der Waals surface area contributed by atoms with Crippen LogP contribution in [0.5, 0.6) is 5.88 Å². The average Bonchev–Trinajstić information content (AvgIpc) is 3.37. The standard InChI is InChI=1S/C29H26F2N8O5S/c1-32-25(41)20-9-8-15(12-33-20)24(40)34-26-17(13-37(2)3)23-27(42)39(21-10-11-22(44-4)36-35-21)29(43)38(28(23)45-26)14-16-18(30)6-5-7-19(16)31/h5-12H,13-14H2,1-4H3,(H,32,41)(H,34,40). The van der Waals surface area contributed by atoms with Crippen LogP contribution < -0.4 is 26.6 Å². The van der Waals surface area contributed by atoms with Gasteiger partial charge in [-0.25, -0.2) is 18.1 Å². The number of thiophene rings is 1. The number of nitrogens with one attached hydrogen (secondary N) is 2. The third-order valence-corrected chi connectivity index (χ3v) is 7.87. The number of anilines is 1. The first-order valence-electron chi connectivity index (χ1n) is 13.3. The summed E-state index contributed by atoms with van der Waals surface area (Å²) in [5.41, 5.74) is -1.53. The van der Waals surface area contributed by atoms with Gasteiger partial charge < -0.3 is 20.3 Å². The van der Waals surface area contributed by atoms with Crippen molar-refractivity contribution in [2.45, 2.75) is 13.1 Å². The van der Waals surface area contributed by atoms with Gasteiger partial charge in [0.1, 0.15) is 27.2 Å². The van der Waals surface area contributed by atoms with Gasteiger partial charge in [-0.2, -0.15) is 0 Å². The zero-order chi connectivity index (χ0) is 32.4. The minimum atomic E-state index is -0.931. The van der Waals surface area contributed by atoms with Crippen LogP contribution in [0.2, 0.25) is 0 Å². The van der Waals surface area contributed by atoms with Crippen molar-refractivity contribution in [3.63, 3.8) is 0 Å². The van der Waals surface area contributed by atoms with Crippen LogP contribution in [0.25, 0.3) is 16.0 Å². The van der Waals surface area contributed by atoms with Gasteiger partial charge in [0.15, 0.2) is 5.82 Å². The summed E-state index contributed by atoms with van der Waals surface area (Å²) in [4.78, 5) is 59.0. The molecule has 0 saturated heterocycles. The Morgan fingerprint density at radius 2 is 1.73 bits per heavy atom. The summed E-state index contributed by atoms with van der Waals surface area (Å²) in [5, 5.41) is 13.3. The Labute approximate surface area is 257 Å². The molecule has 0 aliphatic rings. The summed E-state index contributed by atoms with van der Waals surface area (Å²) in [7, 11) is 6.32. The SMILES string of the molecule is CNC(=O)c1ccc(C(=O)Nc2sc3c(c2CN(C)C)c(=O)n(-c2ccc(OC)nn2)c(=O)n3Cc2c(F)cccc2F)cn1. The molecule has 0 bridgehead atoms. The van der Waals surface area contributed by atoms with E-state index in [0.717, 1.165) is 32.6 Å². The van der Waals surface area contributed by atoms with Crippen LogP contribution in [0.1, 0.15) is 32.0 Å². The molecule has 45 heavy (non-hydrogen) atoms. The molecule has 5 aromatic rings. The third-order valence-electron chi connectivity index (χ3n) is 6.70. The third kappa shape index (κ3) is 6.05. The van der Waals surface area contributed by atoms with Crippen molar-refractivity contribution in [2.75, 3.05) is 33.6 Å². The van der Waals surface area contributed by atoms with E-state index in [1.165, 1.54) is 50.7 Å². The molecule has 13 nitrogen and oxygen atoms in total. The molecule has 1 aromatic carbocycles. The highest BCUT2D eigenvalue weighted by Crippen LogP contribution is 2.35. The molecule has 0 spiro atoms. The number of pyridine rings is 1. The lowest BCUT2D eigenvalue weighted by atomic mass is 10.1. The molecule has 0 atom stereocenters. The largest absolute Gasteiger partial charge is 0.480 e. The van der Waals surface area contributed by atoms with Crippen molar-refractivity contribution in [3.05, 3.63) is 104 Å². The maximum Gasteiger partial charge on any atom is 0.338 e. The number of amides is 2. The molecule has 2 amide bonds. The second-order valence-corrected chi connectivity index (χ2v) is 10.9. The number of hydrogen-bond acceptors (Lipinski definition) is 10. The Hall–Kier alpha value is -5.35. The predicted molar refractivity (Wildman–Crippen MR) is 162 cm³/mol. The minimum absolute atomic E-state index is 0.0334. The van der Waals surface area contributed by atoms with Gasteiger partial charge in [0.25, 0.3) is 17.4 Å². The monoisotopic (exact) mass is 636 g/mol. The summed E-state index contributed by atoms with van der Waals surface area (Å²) >= 11 is 0.902. The predicted octanol–water partition coefficient (Wildman–Crippen LogP) is 2.41. The molecule has 0 aliphatic heterocycles. The minimum Gasteiger partial charge on any atom is -0.480 e. The smallest absolute Gasteiger partial charge is 0.338 e. The van der Waals surface area contributed by atoms with Gasteiger partial charge in [-0.05, 0) is 44.4 Å². The highest BCUT2D eigenvalue weighted by molar-refractivity contribution is 7.22. The van der Waals surface area contributed by atoms with Crippen molar-refractivity contribution in [3.8, 4) is 11.7 Å². The van der Waals surface area contributed by atoms with Gasteiger partial charge in [0.05, 0.1) is 24.6 Å². The van der Waals surface area contributed by atoms with Crippen molar-refractivity contribution in [1.82, 2.24) is 34.5 Å². The van der Waals surface area contributed by atoms with Crippen molar-refractivity contribution in [2.24, 2.45) is 0 Å². The van der Waals surface area contributed by atoms with E-state index < -0.39 is 46.8 Å². The number of rotatable bonds is 9. The van der Waals surface area contributed by atoms with Gasteiger partial charge in [0.2, 0.25) is 5.88 Å². The van der Waals surface area contributed by atoms with E-state index in [0.29, 0.717) is 5.56 Å². The quantitative estimate of drug-likeness (QED) is 0.248. The second-order valence-electron chi connectivity index (χ2n) is 9.94. The lowest BCUT2D eigenvalue weighted by Crippen LogP contribution is -2.39. The summed E-state index contributed by atoms with van der Waals surface area (Å²) < 4.78 is 36.5. The lowest BCUT2D eigenvalue weighted by molar-refractivity contribution is 0.0955. The van der Waals surface area contributed by atoms with E-state index in [1.54, 1.807) is 19.0 Å². The molecule has 16 heteroatoms. The number of hydrogen-bond donors (Lipinski definition) is 2. The van der Waals surface area contributed by atoms with Crippen LogP contribution in [-0.4, -0.2) is 69.3 Å². The van der Waals surface area contributed by atoms with Crippen LogP contribution in [0, 0.1) is 11.6 Å². The van der Waals surface area contributed by atoms with E-state index in [4.69, 9.17) is 4.74 Å². The van der Waals surface area contributed by atoms with Gasteiger partial charge in [0, 0.05) is 37.0 Å². The maximum atomic E-state index is 14.8. The van der Waals surface area contributed by atoms with E-state index in [-0.39, 0.29) is 44.7 Å². The van der Waals surface area contributed by atoms with Crippen LogP contribution in [0.4, 0.5) is 13.8 Å². The summed E-state index contributed by atoms with van der Waals surface area (Å²) in [6.07, 6.45) is 1.23. The zero-order valence-electron chi connectivity index (χ0n) is 24.4. The molecule has 2 N–H and O–H groups in total. The first kappa shape index (κ1) is 31.1. The van der Waals surface area contributed by atoms with Crippen LogP contribution in [-0.2, 0) is 13.1 Å². The molecule has 5 rings (SSSR count). The highest BCUT2D eigenvalue weighted by Gasteiger charge is 2.26. The molecule has 232 valence electrons. The number of fused-ring (bicyclic) bond motifs is 1. The first-order chi connectivity index (χ1) is 21.5. The van der Waals surface area contributed by atoms with E-state index in [1.807, 2.05) is 0 Å². The molecular formula is C29H26F2N8O5S. The molecule has 4 aromatic heterocycles. The number of carbonyl (C=O) groups excluding carboxylic acids is 2. The summed E-state index contributed by atoms with van der Waals surface area (Å²) in [6, 6.07) is 8.88. The summed E-state index contributed by atoms with van der Waals surface area (Å²) in [6.45, 7) is -0.433. The van der Waals surface area contributed by atoms with Crippen molar-refractivity contribution < 1.29 is 23.1 Å². The van der Waals surface area contributed by atoms with Crippen LogP contribution in [0.3, 0.4) is 0 Å². The van der Waals surface area contributed by atoms with Crippen molar-refractivity contribution in [1.29, 1.82) is 0 Å². The Kier molecular flexibility index (Phi) is 8.78. The topological polar surface area (TPSA) is 153 Å². The lowest BCUT2D eigenvalue weighted by Gasteiger charge is -2.14. The van der Waals surface area contributed by atoms with Crippen LogP contribution >= 0.6 is 11.3 Å². The number of methoxy groups -OCH3 is 1. The maximum absolute atomic E-state index is 14.8. The molecule has 0 fully saturated rings. The molecule has 0 unspecified atom stereocenters. The fraction of sp³-hybridized carbons (Fsp3) is 0.207. The Bertz CT molecular complexity index is 2020. The van der Waals surface area contributed by atoms with Crippen molar-refractivity contribution >= 4 is 38.4 Å². The van der Waals surface area contributed by atoms with Crippen LogP contribution in [0.15, 0.2) is 58.3 Å². The van der Waals surface area contributed by atoms with E-state index >= 15 is 0 Å². The Balaban J connectivity index is 1.74. The number of ether oxygens (including phenoxy) is 1. The number of halogens is 2. The number of aromatic nitrogens is 5. The van der Waals surface area contributed by atoms with Gasteiger partial charge in [-0.15, -0.1) is 10.2 Å². The fourth-order valence-electron chi connectivity index (χ4n) is 4.53. The number of benzene rings is 1. The molecule has 0 saturated carbocycles. The van der Waals surface area contributed by atoms with E-state index in [9.17, 15) is 28.0 Å². The second kappa shape index (κ2) is 12.7. The summed E-state index contributed by atoms with van der Waals surface area (Å²) in [5.74, 6) is -2.82. The van der Waals surface area contributed by atoms with Gasteiger partial charge in [-0.3, -0.25) is 23.9 Å². The molecule has 0 radical (unpaired) electrons.